The van der Waals surface area contributed by atoms with Crippen LogP contribution in [0.25, 0.3) is 11.6 Å². The van der Waals surface area contributed by atoms with Crippen LogP contribution in [0.5, 0.6) is 5.75 Å². The van der Waals surface area contributed by atoms with Crippen LogP contribution in [-0.4, -0.2) is 26.2 Å². The number of aromatic nitrogens is 3. The van der Waals surface area contributed by atoms with E-state index in [4.69, 9.17) is 16.6 Å². The van der Waals surface area contributed by atoms with Crippen LogP contribution in [0.3, 0.4) is 0 Å². The molecule has 0 aliphatic carbocycles. The van der Waals surface area contributed by atoms with Gasteiger partial charge in [0.05, 0.1) is 12.5 Å². The van der Waals surface area contributed by atoms with E-state index >= 15 is 0 Å². The van der Waals surface area contributed by atoms with Gasteiger partial charge in [0.1, 0.15) is 5.75 Å². The van der Waals surface area contributed by atoms with Crippen molar-refractivity contribution >= 4 is 18.4 Å². The molecule has 3 aromatic rings. The highest BCUT2D eigenvalue weighted by Gasteiger charge is 2.11. The number of phenolic OH excluding ortho intramolecular Hbond substituents is 1. The highest BCUT2D eigenvalue weighted by Crippen LogP contribution is 2.22. The number of hydrogen-bond acceptors (Lipinski definition) is 5. The molecule has 1 aromatic carbocycles. The van der Waals surface area contributed by atoms with Gasteiger partial charge in [-0.2, -0.15) is 9.78 Å². The number of furan rings is 1. The molecule has 116 valence electrons. The third-order valence-electron chi connectivity index (χ3n) is 3.22. The molecule has 0 amide bonds. The third-order valence-corrected chi connectivity index (χ3v) is 3.48. The van der Waals surface area contributed by atoms with E-state index in [1.807, 2.05) is 12.1 Å². The van der Waals surface area contributed by atoms with Crippen LogP contribution in [0.2, 0.25) is 0 Å². The lowest BCUT2D eigenvalue weighted by Crippen LogP contribution is -1.95. The van der Waals surface area contributed by atoms with Gasteiger partial charge in [-0.05, 0) is 42.4 Å². The van der Waals surface area contributed by atoms with Crippen LogP contribution in [0, 0.1) is 4.77 Å². The van der Waals surface area contributed by atoms with Gasteiger partial charge in [-0.1, -0.05) is 18.2 Å². The lowest BCUT2D eigenvalue weighted by molar-refractivity contribution is 0.469. The van der Waals surface area contributed by atoms with Gasteiger partial charge < -0.3 is 9.52 Å². The average Bonchev–Trinajstić information content (AvgIpc) is 3.18. The molecule has 2 aromatic heterocycles. The second-order valence-corrected chi connectivity index (χ2v) is 5.12. The average molecular weight is 326 g/mol. The van der Waals surface area contributed by atoms with Gasteiger partial charge >= 0.3 is 0 Å². The van der Waals surface area contributed by atoms with Gasteiger partial charge in [-0.25, -0.2) is 5.10 Å². The Kier molecular flexibility index (Phi) is 4.20. The summed E-state index contributed by atoms with van der Waals surface area (Å²) < 4.78 is 7.08. The number of nitrogens with zero attached hydrogens (tertiary/aromatic N) is 3. The second-order valence-electron chi connectivity index (χ2n) is 4.73. The first-order valence-electron chi connectivity index (χ1n) is 6.88. The molecule has 0 aliphatic heterocycles. The zero-order valence-electron chi connectivity index (χ0n) is 12.1. The van der Waals surface area contributed by atoms with Crippen LogP contribution in [0.1, 0.15) is 11.1 Å². The van der Waals surface area contributed by atoms with Gasteiger partial charge in [0.25, 0.3) is 0 Å². The summed E-state index contributed by atoms with van der Waals surface area (Å²) >= 11 is 5.18. The van der Waals surface area contributed by atoms with Crippen LogP contribution >= 0.6 is 12.2 Å². The van der Waals surface area contributed by atoms with Crippen molar-refractivity contribution in [2.45, 2.75) is 6.42 Å². The first-order valence-corrected chi connectivity index (χ1v) is 7.29. The van der Waals surface area contributed by atoms with Crippen LogP contribution < -0.4 is 0 Å². The van der Waals surface area contributed by atoms with Crippen molar-refractivity contribution in [2.24, 2.45) is 5.10 Å². The molecule has 2 heterocycles. The molecule has 0 fully saturated rings. The van der Waals surface area contributed by atoms with Crippen molar-refractivity contribution in [1.29, 1.82) is 0 Å². The van der Waals surface area contributed by atoms with E-state index in [0.29, 0.717) is 28.3 Å². The Hall–Kier alpha value is -2.93. The Morgan fingerprint density at radius 1 is 1.39 bits per heavy atom. The number of rotatable bonds is 5. The Balaban J connectivity index is 1.99. The standard InChI is InChI=1S/C16H14N4O2S/c1-2-5-11-6-3-7-12(14(11)21)10-17-20-15(18-19-16(20)23)13-8-4-9-22-13/h2-4,6-10,21H,1,5H2,(H,19,23). The first kappa shape index (κ1) is 15.0. The van der Waals surface area contributed by atoms with E-state index in [1.165, 1.54) is 10.9 Å². The van der Waals surface area contributed by atoms with Crippen LogP contribution in [-0.2, 0) is 6.42 Å². The minimum atomic E-state index is 0.172. The largest absolute Gasteiger partial charge is 0.507 e. The summed E-state index contributed by atoms with van der Waals surface area (Å²) in [6.45, 7) is 3.68. The van der Waals surface area contributed by atoms with Crippen molar-refractivity contribution in [2.75, 3.05) is 0 Å². The molecule has 6 nitrogen and oxygen atoms in total. The molecule has 0 unspecified atom stereocenters. The Labute approximate surface area is 137 Å². The predicted octanol–water partition coefficient (Wildman–Crippen LogP) is 3.52. The lowest BCUT2D eigenvalue weighted by atomic mass is 10.1. The molecule has 0 saturated heterocycles. The Bertz CT molecular complexity index is 907. The van der Waals surface area contributed by atoms with E-state index in [2.05, 4.69) is 21.9 Å². The maximum absolute atomic E-state index is 10.3. The van der Waals surface area contributed by atoms with Crippen LogP contribution in [0.4, 0.5) is 0 Å². The zero-order chi connectivity index (χ0) is 16.2. The Morgan fingerprint density at radius 2 is 2.26 bits per heavy atom. The maximum Gasteiger partial charge on any atom is 0.219 e. The van der Waals surface area contributed by atoms with E-state index in [9.17, 15) is 5.11 Å². The quantitative estimate of drug-likeness (QED) is 0.427. The maximum atomic E-state index is 10.3. The molecule has 0 atom stereocenters. The predicted molar refractivity (Wildman–Crippen MR) is 90.1 cm³/mol. The van der Waals surface area contributed by atoms with Gasteiger partial charge in [-0.15, -0.1) is 11.7 Å². The molecule has 23 heavy (non-hydrogen) atoms. The topological polar surface area (TPSA) is 79.3 Å². The number of aromatic hydroxyl groups is 1. The van der Waals surface area contributed by atoms with E-state index in [-0.39, 0.29) is 5.75 Å². The molecule has 0 saturated carbocycles. The fourth-order valence-corrected chi connectivity index (χ4v) is 2.30. The van der Waals surface area contributed by atoms with Crippen molar-refractivity contribution in [3.63, 3.8) is 0 Å². The van der Waals surface area contributed by atoms with Crippen molar-refractivity contribution in [1.82, 2.24) is 14.9 Å². The molecule has 0 bridgehead atoms. The SMILES string of the molecule is C=CCc1cccc(C=Nn2c(-c3ccco3)n[nH]c2=S)c1O. The van der Waals surface area contributed by atoms with E-state index < -0.39 is 0 Å². The monoisotopic (exact) mass is 326 g/mol. The van der Waals surface area contributed by atoms with Gasteiger partial charge in [0.15, 0.2) is 5.76 Å². The number of allylic oxidation sites excluding steroid dienone is 1. The van der Waals surface area contributed by atoms with Gasteiger partial charge in [-0.3, -0.25) is 0 Å². The van der Waals surface area contributed by atoms with Crippen LogP contribution in [0.15, 0.2) is 58.8 Å². The molecule has 0 spiro atoms. The van der Waals surface area contributed by atoms with E-state index in [1.54, 1.807) is 30.5 Å². The number of aromatic amines is 1. The molecule has 0 aliphatic rings. The zero-order valence-corrected chi connectivity index (χ0v) is 13.0. The normalized spacial score (nSPS) is 11.1. The van der Waals surface area contributed by atoms with Gasteiger partial charge in [0, 0.05) is 5.56 Å². The fourth-order valence-electron chi connectivity index (χ4n) is 2.12. The summed E-state index contributed by atoms with van der Waals surface area (Å²) in [7, 11) is 0. The summed E-state index contributed by atoms with van der Waals surface area (Å²) in [5, 5.41) is 21.3. The minimum absolute atomic E-state index is 0.172. The minimum Gasteiger partial charge on any atom is -0.507 e. The van der Waals surface area contributed by atoms with Crippen molar-refractivity contribution in [3.05, 3.63) is 65.1 Å². The highest BCUT2D eigenvalue weighted by molar-refractivity contribution is 7.71. The molecular weight excluding hydrogens is 312 g/mol. The molecular formula is C16H14N4O2S. The number of benzene rings is 1. The first-order chi connectivity index (χ1) is 11.2. The number of hydrogen-bond donors (Lipinski definition) is 2. The summed E-state index contributed by atoms with van der Waals surface area (Å²) in [4.78, 5) is 0. The number of phenols is 1. The lowest BCUT2D eigenvalue weighted by Gasteiger charge is -2.04. The third kappa shape index (κ3) is 3.00. The van der Waals surface area contributed by atoms with E-state index in [0.717, 1.165) is 5.56 Å². The number of nitrogens with one attached hydrogen (secondary N) is 1. The molecule has 3 rings (SSSR count). The molecule has 0 radical (unpaired) electrons. The summed E-state index contributed by atoms with van der Waals surface area (Å²) in [6.07, 6.45) is 5.39. The fraction of sp³-hybridized carbons (Fsp3) is 0.0625. The van der Waals surface area contributed by atoms with Gasteiger partial charge in [0.2, 0.25) is 10.6 Å². The smallest absolute Gasteiger partial charge is 0.219 e. The van der Waals surface area contributed by atoms with Crippen molar-refractivity contribution in [3.8, 4) is 17.3 Å². The summed E-state index contributed by atoms with van der Waals surface area (Å²) in [6, 6.07) is 8.97. The highest BCUT2D eigenvalue weighted by atomic mass is 32.1. The molecule has 2 N–H and O–H groups in total. The number of H-pyrrole nitrogens is 1. The summed E-state index contributed by atoms with van der Waals surface area (Å²) in [5.74, 6) is 1.17. The number of para-hydroxylation sites is 1. The van der Waals surface area contributed by atoms with Crippen molar-refractivity contribution < 1.29 is 9.52 Å². The Morgan fingerprint density at radius 3 is 3.00 bits per heavy atom. The summed E-state index contributed by atoms with van der Waals surface area (Å²) in [5.41, 5.74) is 1.36. The second kappa shape index (κ2) is 6.45. The molecule has 7 heteroatoms.